The summed E-state index contributed by atoms with van der Waals surface area (Å²) in [5.41, 5.74) is 4.89. The number of nitrogens with one attached hydrogen (secondary N) is 1. The molecule has 0 spiro atoms. The number of carboxylic acids is 1. The van der Waals surface area contributed by atoms with E-state index in [1.165, 1.54) is 60.6 Å². The minimum Gasteiger partial charge on any atom is -0.507 e. The predicted octanol–water partition coefficient (Wildman–Crippen LogP) is 4.10. The van der Waals surface area contributed by atoms with Crippen molar-refractivity contribution in [1.82, 2.24) is 0 Å². The number of hydrogen-bond acceptors (Lipinski definition) is 3. The van der Waals surface area contributed by atoms with Crippen molar-refractivity contribution in [1.29, 1.82) is 0 Å². The lowest BCUT2D eigenvalue weighted by molar-refractivity contribution is 0.0693. The van der Waals surface area contributed by atoms with Crippen molar-refractivity contribution >= 4 is 17.6 Å². The van der Waals surface area contributed by atoms with Crippen LogP contribution in [0.4, 0.5) is 5.69 Å². The summed E-state index contributed by atoms with van der Waals surface area (Å²) in [4.78, 5) is 23.7. The fourth-order valence-electron chi connectivity index (χ4n) is 4.35. The van der Waals surface area contributed by atoms with E-state index in [0.717, 1.165) is 12.8 Å². The summed E-state index contributed by atoms with van der Waals surface area (Å²) < 4.78 is 0. The molecule has 0 aliphatic heterocycles. The van der Waals surface area contributed by atoms with E-state index in [-0.39, 0.29) is 17.2 Å². The fraction of sp³-hybridized carbons (Fsp3) is 0.333. The molecule has 0 atom stereocenters. The zero-order chi connectivity index (χ0) is 18.3. The van der Waals surface area contributed by atoms with Crippen molar-refractivity contribution in [2.75, 3.05) is 5.32 Å². The van der Waals surface area contributed by atoms with E-state index in [2.05, 4.69) is 5.32 Å². The number of rotatable bonds is 3. The molecule has 2 aliphatic rings. The van der Waals surface area contributed by atoms with Crippen molar-refractivity contribution in [3.8, 4) is 5.75 Å². The van der Waals surface area contributed by atoms with Crippen LogP contribution in [-0.4, -0.2) is 22.1 Å². The molecule has 0 aromatic heterocycles. The molecule has 4 rings (SSSR count). The van der Waals surface area contributed by atoms with Crippen LogP contribution in [0.2, 0.25) is 0 Å². The van der Waals surface area contributed by atoms with Gasteiger partial charge in [0.25, 0.3) is 5.91 Å². The number of benzene rings is 2. The van der Waals surface area contributed by atoms with E-state index >= 15 is 0 Å². The van der Waals surface area contributed by atoms with Crippen molar-refractivity contribution in [2.45, 2.75) is 44.4 Å². The van der Waals surface area contributed by atoms with Crippen LogP contribution in [0.3, 0.4) is 0 Å². The highest BCUT2D eigenvalue weighted by Gasteiger charge is 2.27. The lowest BCUT2D eigenvalue weighted by atomic mass is 9.73. The standard InChI is InChI=1S/C21H21NO4/c23-18-11-16(7-8-17(18)21(25)26)22-20(24)15-9-13-5-1-3-12-4-2-6-14(10-15)19(12)13/h7-12,23H,1-6H2,(H,22,24)(H,25,26). The zero-order valence-electron chi connectivity index (χ0n) is 14.4. The van der Waals surface area contributed by atoms with Gasteiger partial charge in [-0.15, -0.1) is 0 Å². The Hall–Kier alpha value is -2.82. The van der Waals surface area contributed by atoms with Gasteiger partial charge < -0.3 is 15.5 Å². The maximum absolute atomic E-state index is 12.7. The van der Waals surface area contributed by atoms with Crippen LogP contribution >= 0.6 is 0 Å². The molecule has 0 heterocycles. The number of aromatic hydroxyl groups is 1. The highest BCUT2D eigenvalue weighted by molar-refractivity contribution is 6.05. The van der Waals surface area contributed by atoms with Gasteiger partial charge in [-0.1, -0.05) is 0 Å². The molecule has 5 nitrogen and oxygen atoms in total. The molecule has 0 unspecified atom stereocenters. The van der Waals surface area contributed by atoms with Gasteiger partial charge >= 0.3 is 5.97 Å². The fourth-order valence-corrected chi connectivity index (χ4v) is 4.35. The van der Waals surface area contributed by atoms with E-state index in [4.69, 9.17) is 5.11 Å². The number of aryl methyl sites for hydroxylation is 2. The minimum absolute atomic E-state index is 0.188. The summed E-state index contributed by atoms with van der Waals surface area (Å²) >= 11 is 0. The smallest absolute Gasteiger partial charge is 0.339 e. The van der Waals surface area contributed by atoms with Gasteiger partial charge in [0.15, 0.2) is 0 Å². The van der Waals surface area contributed by atoms with Crippen LogP contribution in [0.15, 0.2) is 30.3 Å². The molecule has 2 aromatic carbocycles. The van der Waals surface area contributed by atoms with Crippen LogP contribution in [0.25, 0.3) is 0 Å². The molecule has 0 saturated heterocycles. The van der Waals surface area contributed by atoms with E-state index in [1.807, 2.05) is 12.1 Å². The number of anilines is 1. The molecule has 3 N–H and O–H groups in total. The molecular weight excluding hydrogens is 330 g/mol. The highest BCUT2D eigenvalue weighted by atomic mass is 16.4. The van der Waals surface area contributed by atoms with E-state index < -0.39 is 5.97 Å². The Morgan fingerprint density at radius 2 is 1.65 bits per heavy atom. The molecule has 26 heavy (non-hydrogen) atoms. The molecule has 1 amide bonds. The van der Waals surface area contributed by atoms with Crippen molar-refractivity contribution in [3.63, 3.8) is 0 Å². The largest absolute Gasteiger partial charge is 0.507 e. The number of hydrogen-bond donors (Lipinski definition) is 3. The third-order valence-electron chi connectivity index (χ3n) is 5.51. The van der Waals surface area contributed by atoms with Crippen LogP contribution in [0, 0.1) is 0 Å². The molecule has 2 aliphatic carbocycles. The van der Waals surface area contributed by atoms with Crippen LogP contribution in [0.5, 0.6) is 5.75 Å². The number of carboxylic acid groups (broad SMARTS) is 1. The number of carbonyl (C=O) groups is 2. The predicted molar refractivity (Wildman–Crippen MR) is 98.1 cm³/mol. The van der Waals surface area contributed by atoms with Gasteiger partial charge in [0.1, 0.15) is 11.3 Å². The van der Waals surface area contributed by atoms with Gasteiger partial charge in [-0.3, -0.25) is 4.79 Å². The third-order valence-corrected chi connectivity index (χ3v) is 5.51. The SMILES string of the molecule is O=C(Nc1ccc(C(=O)O)c(O)c1)c1cc2c3c(c1)CCCC3CCC2. The van der Waals surface area contributed by atoms with E-state index in [0.29, 0.717) is 17.2 Å². The zero-order valence-corrected chi connectivity index (χ0v) is 14.4. The van der Waals surface area contributed by atoms with Gasteiger partial charge in [0.05, 0.1) is 0 Å². The second-order valence-corrected chi connectivity index (χ2v) is 7.18. The van der Waals surface area contributed by atoms with Crippen molar-refractivity contribution in [2.24, 2.45) is 0 Å². The first-order valence-corrected chi connectivity index (χ1v) is 9.06. The van der Waals surface area contributed by atoms with E-state index in [9.17, 15) is 14.7 Å². The van der Waals surface area contributed by atoms with Crippen LogP contribution in [0.1, 0.15) is 69.0 Å². The lowest BCUT2D eigenvalue weighted by Gasteiger charge is -2.32. The highest BCUT2D eigenvalue weighted by Crippen LogP contribution is 2.41. The van der Waals surface area contributed by atoms with Gasteiger partial charge in [0.2, 0.25) is 0 Å². The van der Waals surface area contributed by atoms with E-state index in [1.54, 1.807) is 0 Å². The van der Waals surface area contributed by atoms with Gasteiger partial charge in [-0.2, -0.15) is 0 Å². The minimum atomic E-state index is -1.20. The topological polar surface area (TPSA) is 86.6 Å². The molecule has 0 bridgehead atoms. The summed E-state index contributed by atoms with van der Waals surface area (Å²) in [6, 6.07) is 8.03. The average Bonchev–Trinajstić information content (AvgIpc) is 2.62. The second kappa shape index (κ2) is 6.48. The normalized spacial score (nSPS) is 16.0. The Bertz CT molecular complexity index is 872. The Labute approximate surface area is 151 Å². The summed E-state index contributed by atoms with van der Waals surface area (Å²) in [6.45, 7) is 0. The molecular formula is C21H21NO4. The van der Waals surface area contributed by atoms with Gasteiger partial charge in [-0.25, -0.2) is 4.79 Å². The quantitative estimate of drug-likeness (QED) is 0.777. The summed E-state index contributed by atoms with van der Waals surface area (Å²) in [6.07, 6.45) is 6.89. The lowest BCUT2D eigenvalue weighted by Crippen LogP contribution is -2.20. The summed E-state index contributed by atoms with van der Waals surface area (Å²) in [5, 5.41) is 21.5. The Morgan fingerprint density at radius 3 is 2.23 bits per heavy atom. The number of phenols is 1. The monoisotopic (exact) mass is 351 g/mol. The Morgan fingerprint density at radius 1 is 1.00 bits per heavy atom. The molecule has 0 saturated carbocycles. The van der Waals surface area contributed by atoms with Gasteiger partial charge in [-0.05, 0) is 85.4 Å². The summed E-state index contributed by atoms with van der Waals surface area (Å²) in [7, 11) is 0. The van der Waals surface area contributed by atoms with Gasteiger partial charge in [0, 0.05) is 17.3 Å². The first-order chi connectivity index (χ1) is 12.5. The van der Waals surface area contributed by atoms with Crippen molar-refractivity contribution in [3.05, 3.63) is 58.1 Å². The third kappa shape index (κ3) is 2.94. The first kappa shape index (κ1) is 16.6. The van der Waals surface area contributed by atoms with Crippen LogP contribution < -0.4 is 5.32 Å². The molecule has 0 radical (unpaired) electrons. The number of amides is 1. The maximum Gasteiger partial charge on any atom is 0.339 e. The number of aromatic carboxylic acids is 1. The van der Waals surface area contributed by atoms with Crippen LogP contribution in [-0.2, 0) is 12.8 Å². The second-order valence-electron chi connectivity index (χ2n) is 7.18. The Balaban J connectivity index is 1.61. The maximum atomic E-state index is 12.7. The van der Waals surface area contributed by atoms with Crippen molar-refractivity contribution < 1.29 is 19.8 Å². The molecule has 2 aromatic rings. The number of carbonyl (C=O) groups excluding carboxylic acids is 1. The molecule has 134 valence electrons. The molecule has 0 fully saturated rings. The first-order valence-electron chi connectivity index (χ1n) is 9.06. The molecule has 5 heteroatoms. The summed E-state index contributed by atoms with van der Waals surface area (Å²) in [5.74, 6) is -1.15. The average molecular weight is 351 g/mol. The Kier molecular flexibility index (Phi) is 4.15.